The van der Waals surface area contributed by atoms with Gasteiger partial charge in [-0.3, -0.25) is 0 Å². The largest absolute Gasteiger partial charge is 0.310 e. The van der Waals surface area contributed by atoms with Crippen molar-refractivity contribution in [1.82, 2.24) is 0 Å². The van der Waals surface area contributed by atoms with Crippen LogP contribution in [-0.4, -0.2) is 8.07 Å². The second kappa shape index (κ2) is 14.9. The summed E-state index contributed by atoms with van der Waals surface area (Å²) in [4.78, 5) is 2.48. The van der Waals surface area contributed by atoms with Crippen LogP contribution in [-0.2, 0) is 10.8 Å². The average molecular weight is 872 g/mol. The van der Waals surface area contributed by atoms with E-state index in [2.05, 4.69) is 268 Å². The molecule has 2 heteroatoms. The molecule has 1 atom stereocenters. The molecule has 3 aliphatic rings. The molecule has 0 N–H and O–H groups in total. The quantitative estimate of drug-likeness (QED) is 0.144. The van der Waals surface area contributed by atoms with Gasteiger partial charge in [0.2, 0.25) is 0 Å². The van der Waals surface area contributed by atoms with Gasteiger partial charge in [-0.1, -0.05) is 220 Å². The van der Waals surface area contributed by atoms with Gasteiger partial charge in [-0.05, 0) is 136 Å². The molecule has 1 unspecified atom stereocenters. The molecule has 1 aliphatic heterocycles. The summed E-state index contributed by atoms with van der Waals surface area (Å²) in [5, 5.41) is 5.75. The molecule has 1 nitrogen and oxygen atoms in total. The Bertz CT molecular complexity index is 3520. The fraction of sp³-hybridized carbons (Fsp3) is 0.0769. The number of fused-ring (bicyclic) bond motifs is 9. The van der Waals surface area contributed by atoms with E-state index < -0.39 is 8.07 Å². The highest BCUT2D eigenvalue weighted by Crippen LogP contribution is 2.55. The van der Waals surface area contributed by atoms with Gasteiger partial charge in [0.15, 0.2) is 8.07 Å². The fourth-order valence-electron chi connectivity index (χ4n) is 12.4. The number of anilines is 3. The number of hydrogen-bond acceptors (Lipinski definition) is 1. The molecule has 2 aliphatic carbocycles. The van der Waals surface area contributed by atoms with Gasteiger partial charge in [-0.2, -0.15) is 0 Å². The van der Waals surface area contributed by atoms with E-state index in [1.165, 1.54) is 93.1 Å². The predicted octanol–water partition coefficient (Wildman–Crippen LogP) is 13.8. The molecule has 0 saturated heterocycles. The first-order valence-electron chi connectivity index (χ1n) is 23.7. The van der Waals surface area contributed by atoms with Gasteiger partial charge in [-0.15, -0.1) is 0 Å². The average Bonchev–Trinajstić information content (AvgIpc) is 3.93. The van der Waals surface area contributed by atoms with E-state index in [0.717, 1.165) is 17.1 Å². The lowest BCUT2D eigenvalue weighted by Gasteiger charge is -2.32. The summed E-state index contributed by atoms with van der Waals surface area (Å²) in [5.74, 6) is 0. The van der Waals surface area contributed by atoms with Crippen molar-refractivity contribution < 1.29 is 0 Å². The number of rotatable bonds is 7. The summed E-state index contributed by atoms with van der Waals surface area (Å²) < 4.78 is 0. The molecule has 0 bridgehead atoms. The summed E-state index contributed by atoms with van der Waals surface area (Å²) in [7, 11) is -2.63. The summed E-state index contributed by atoms with van der Waals surface area (Å²) in [6, 6.07) is 91.6. The topological polar surface area (TPSA) is 3.24 Å². The zero-order chi connectivity index (χ0) is 44.9. The van der Waals surface area contributed by atoms with Gasteiger partial charge >= 0.3 is 0 Å². The van der Waals surface area contributed by atoms with E-state index in [0.29, 0.717) is 0 Å². The third kappa shape index (κ3) is 5.66. The Morgan fingerprint density at radius 2 is 0.791 bits per heavy atom. The minimum atomic E-state index is -2.63. The molecule has 0 spiro atoms. The maximum atomic E-state index is 2.49. The minimum Gasteiger partial charge on any atom is -0.310 e. The molecule has 0 amide bonds. The van der Waals surface area contributed by atoms with Crippen LogP contribution in [0.5, 0.6) is 0 Å². The summed E-state index contributed by atoms with van der Waals surface area (Å²) in [6.07, 6.45) is 0. The van der Waals surface area contributed by atoms with Gasteiger partial charge in [-0.25, -0.2) is 0 Å². The number of nitrogens with zero attached hydrogens (tertiary/aromatic N) is 1. The summed E-state index contributed by atoms with van der Waals surface area (Å²) in [6.45, 7) is 7.16. The van der Waals surface area contributed by atoms with Crippen molar-refractivity contribution >= 4 is 45.9 Å². The van der Waals surface area contributed by atoms with Gasteiger partial charge in [0.1, 0.15) is 0 Å². The maximum Gasteiger partial charge on any atom is 0.180 e. The molecular weight excluding hydrogens is 823 g/mol. The first kappa shape index (κ1) is 39.6. The van der Waals surface area contributed by atoms with Crippen LogP contribution < -0.4 is 25.6 Å². The molecule has 0 radical (unpaired) electrons. The van der Waals surface area contributed by atoms with Crippen LogP contribution >= 0.6 is 0 Å². The van der Waals surface area contributed by atoms with E-state index in [4.69, 9.17) is 0 Å². The van der Waals surface area contributed by atoms with Crippen molar-refractivity contribution in [2.75, 3.05) is 4.90 Å². The molecule has 0 fully saturated rings. The zero-order valence-electron chi connectivity index (χ0n) is 38.0. The lowest BCUT2D eigenvalue weighted by atomic mass is 9.74. The SMILES string of the molecule is CC1(C)c2ccccc2-c2ccc(N(c3ccc(-c4cccc([Si]5(c6ccccc6)c6ccccc6-c6ccccc65)c4)cc3)c3ccc4c(c3)C(C)(c3ccccc3)c3ccccc3-4)cc21. The monoisotopic (exact) mass is 871 g/mol. The van der Waals surface area contributed by atoms with Crippen molar-refractivity contribution in [3.8, 4) is 44.5 Å². The van der Waals surface area contributed by atoms with Gasteiger partial charge in [0.05, 0.1) is 0 Å². The molecule has 1 heterocycles. The van der Waals surface area contributed by atoms with E-state index >= 15 is 0 Å². The van der Waals surface area contributed by atoms with Crippen LogP contribution in [0.1, 0.15) is 48.6 Å². The normalized spacial score (nSPS) is 16.3. The second-order valence-electron chi connectivity index (χ2n) is 19.3. The Morgan fingerprint density at radius 3 is 1.45 bits per heavy atom. The van der Waals surface area contributed by atoms with Crippen LogP contribution in [0.2, 0.25) is 0 Å². The third-order valence-corrected chi connectivity index (χ3v) is 20.5. The molecule has 318 valence electrons. The van der Waals surface area contributed by atoms with Gasteiger partial charge < -0.3 is 4.90 Å². The van der Waals surface area contributed by atoms with E-state index in [1.807, 2.05) is 0 Å². The van der Waals surface area contributed by atoms with Gasteiger partial charge in [0.25, 0.3) is 0 Å². The molecule has 10 aromatic carbocycles. The lowest BCUT2D eigenvalue weighted by molar-refractivity contribution is 0.660. The van der Waals surface area contributed by atoms with Crippen molar-refractivity contribution in [1.29, 1.82) is 0 Å². The predicted molar refractivity (Wildman–Crippen MR) is 284 cm³/mol. The van der Waals surface area contributed by atoms with Crippen LogP contribution in [0.25, 0.3) is 44.5 Å². The van der Waals surface area contributed by atoms with Crippen LogP contribution in [0.3, 0.4) is 0 Å². The first-order chi connectivity index (χ1) is 32.9. The highest BCUT2D eigenvalue weighted by atomic mass is 28.3. The van der Waals surface area contributed by atoms with E-state index in [-0.39, 0.29) is 10.8 Å². The summed E-state index contributed by atoms with van der Waals surface area (Å²) >= 11 is 0. The zero-order valence-corrected chi connectivity index (χ0v) is 39.0. The van der Waals surface area contributed by atoms with Crippen LogP contribution in [0, 0.1) is 0 Å². The molecule has 67 heavy (non-hydrogen) atoms. The number of benzene rings is 10. The molecule has 13 rings (SSSR count). The highest BCUT2D eigenvalue weighted by molar-refractivity contribution is 7.22. The molecule has 0 saturated carbocycles. The van der Waals surface area contributed by atoms with Crippen molar-refractivity contribution in [2.45, 2.75) is 31.6 Å². The highest BCUT2D eigenvalue weighted by Gasteiger charge is 2.48. The van der Waals surface area contributed by atoms with Gasteiger partial charge in [0, 0.05) is 27.9 Å². The Balaban J connectivity index is 0.963. The Morgan fingerprint density at radius 1 is 0.313 bits per heavy atom. The van der Waals surface area contributed by atoms with Crippen molar-refractivity contribution in [3.63, 3.8) is 0 Å². The van der Waals surface area contributed by atoms with E-state index in [9.17, 15) is 0 Å². The minimum absolute atomic E-state index is 0.130. The second-order valence-corrected chi connectivity index (χ2v) is 23.1. The Labute approximate surface area is 395 Å². The standard InChI is InChI=1S/C65H49NSi/c1-64(2)58-29-14-10-25-52(58)54-39-37-48(42-60(54)64)66(49-38-40-55-53-26-11-15-30-59(53)65(3,61(55)43-49)46-20-6-4-7-21-46)47-35-33-44(34-36-47)45-19-18-24-51(41-45)67(50-22-8-5-9-23-50)62-31-16-12-27-56(62)57-28-13-17-32-63(57)67/h4-43H,1-3H3. The van der Waals surface area contributed by atoms with Crippen LogP contribution in [0.15, 0.2) is 243 Å². The Kier molecular flexibility index (Phi) is 8.78. The molecular formula is C65H49NSi. The molecule has 0 aromatic heterocycles. The molecule has 10 aromatic rings. The summed E-state index contributed by atoms with van der Waals surface area (Å²) in [5.41, 5.74) is 20.1. The lowest BCUT2D eigenvalue weighted by Crippen LogP contribution is -2.72. The maximum absolute atomic E-state index is 2.63. The van der Waals surface area contributed by atoms with Crippen molar-refractivity contribution in [3.05, 3.63) is 270 Å². The third-order valence-electron chi connectivity index (χ3n) is 15.6. The van der Waals surface area contributed by atoms with Crippen LogP contribution in [0.4, 0.5) is 17.1 Å². The fourth-order valence-corrected chi connectivity index (χ4v) is 17.6. The van der Waals surface area contributed by atoms with E-state index in [1.54, 1.807) is 0 Å². The van der Waals surface area contributed by atoms with Crippen molar-refractivity contribution in [2.24, 2.45) is 0 Å². The smallest absolute Gasteiger partial charge is 0.180 e. The number of hydrogen-bond donors (Lipinski definition) is 0. The first-order valence-corrected chi connectivity index (χ1v) is 25.7. The Hall–Kier alpha value is -7.78.